The van der Waals surface area contributed by atoms with Gasteiger partial charge in [-0.3, -0.25) is 19.7 Å². The zero-order chi connectivity index (χ0) is 21.5. The lowest BCUT2D eigenvalue weighted by Gasteiger charge is -2.29. The molecule has 1 saturated heterocycles. The van der Waals surface area contributed by atoms with Gasteiger partial charge in [0.15, 0.2) is 0 Å². The summed E-state index contributed by atoms with van der Waals surface area (Å²) >= 11 is 0. The third-order valence-electron chi connectivity index (χ3n) is 6.54. The van der Waals surface area contributed by atoms with E-state index in [9.17, 15) is 14.4 Å². The molecule has 7 heteroatoms. The molecule has 160 valence electrons. The van der Waals surface area contributed by atoms with E-state index in [2.05, 4.69) is 34.5 Å². The van der Waals surface area contributed by atoms with Crippen LogP contribution in [-0.2, 0) is 29.1 Å². The molecule has 3 heterocycles. The Morgan fingerprint density at radius 3 is 2.68 bits per heavy atom. The molecule has 3 amide bonds. The van der Waals surface area contributed by atoms with E-state index < -0.39 is 6.04 Å². The van der Waals surface area contributed by atoms with E-state index in [1.54, 1.807) is 4.90 Å². The highest BCUT2D eigenvalue weighted by Crippen LogP contribution is 2.31. The van der Waals surface area contributed by atoms with Crippen molar-refractivity contribution in [3.63, 3.8) is 0 Å². The average molecular weight is 418 g/mol. The Balaban J connectivity index is 1.38. The molecule has 0 bridgehead atoms. The molecule has 0 aromatic heterocycles. The molecule has 5 rings (SSSR count). The summed E-state index contributed by atoms with van der Waals surface area (Å²) in [6.45, 7) is 1.84. The SMILES string of the molecule is NC1CCc2ccccc2N(Cc2ccc3c(c2)C(=O)N(C2CCC(=O)NC2=O)C3)C1. The predicted molar refractivity (Wildman–Crippen MR) is 116 cm³/mol. The van der Waals surface area contributed by atoms with Gasteiger partial charge in [-0.2, -0.15) is 0 Å². The smallest absolute Gasteiger partial charge is 0.255 e. The molecule has 2 aromatic rings. The number of nitrogens with one attached hydrogen (secondary N) is 1. The first-order valence-corrected chi connectivity index (χ1v) is 10.8. The first-order chi connectivity index (χ1) is 15.0. The van der Waals surface area contributed by atoms with E-state index in [1.165, 1.54) is 11.3 Å². The van der Waals surface area contributed by atoms with Gasteiger partial charge in [-0.05, 0) is 48.1 Å². The zero-order valence-electron chi connectivity index (χ0n) is 17.3. The lowest BCUT2D eigenvalue weighted by molar-refractivity contribution is -0.136. The van der Waals surface area contributed by atoms with Gasteiger partial charge < -0.3 is 15.5 Å². The number of benzene rings is 2. The van der Waals surface area contributed by atoms with E-state index >= 15 is 0 Å². The molecule has 31 heavy (non-hydrogen) atoms. The number of carbonyl (C=O) groups excluding carboxylic acids is 3. The van der Waals surface area contributed by atoms with Crippen LogP contribution in [0.4, 0.5) is 5.69 Å². The number of nitrogens with two attached hydrogens (primary N) is 1. The van der Waals surface area contributed by atoms with Gasteiger partial charge >= 0.3 is 0 Å². The van der Waals surface area contributed by atoms with Crippen molar-refractivity contribution in [3.8, 4) is 0 Å². The van der Waals surface area contributed by atoms with Crippen LogP contribution in [0.25, 0.3) is 0 Å². The predicted octanol–water partition coefficient (Wildman–Crippen LogP) is 1.73. The largest absolute Gasteiger partial charge is 0.365 e. The third-order valence-corrected chi connectivity index (χ3v) is 6.54. The summed E-state index contributed by atoms with van der Waals surface area (Å²) in [5.74, 6) is -0.796. The fraction of sp³-hybridized carbons (Fsp3) is 0.375. The lowest BCUT2D eigenvalue weighted by Crippen LogP contribution is -2.52. The molecule has 3 N–H and O–H groups in total. The van der Waals surface area contributed by atoms with Crippen LogP contribution in [0.15, 0.2) is 42.5 Å². The number of aryl methyl sites for hydroxylation is 1. The van der Waals surface area contributed by atoms with E-state index in [0.717, 1.165) is 30.5 Å². The Morgan fingerprint density at radius 2 is 1.84 bits per heavy atom. The Morgan fingerprint density at radius 1 is 1.00 bits per heavy atom. The number of fused-ring (bicyclic) bond motifs is 2. The lowest BCUT2D eigenvalue weighted by atomic mass is 10.0. The van der Waals surface area contributed by atoms with Crippen molar-refractivity contribution in [1.29, 1.82) is 0 Å². The molecule has 2 unspecified atom stereocenters. The molecule has 1 fully saturated rings. The number of para-hydroxylation sites is 1. The Kier molecular flexibility index (Phi) is 4.98. The van der Waals surface area contributed by atoms with Crippen LogP contribution in [0.3, 0.4) is 0 Å². The molecule has 0 saturated carbocycles. The second-order valence-corrected chi connectivity index (χ2v) is 8.70. The van der Waals surface area contributed by atoms with Gasteiger partial charge in [0, 0.05) is 43.3 Å². The fourth-order valence-electron chi connectivity index (χ4n) is 4.91. The number of imide groups is 1. The van der Waals surface area contributed by atoms with Crippen molar-refractivity contribution < 1.29 is 14.4 Å². The average Bonchev–Trinajstić information content (AvgIpc) is 2.98. The monoisotopic (exact) mass is 418 g/mol. The summed E-state index contributed by atoms with van der Waals surface area (Å²) in [6, 6.07) is 13.9. The molecule has 3 aliphatic rings. The number of hydrogen-bond acceptors (Lipinski definition) is 5. The van der Waals surface area contributed by atoms with Gasteiger partial charge in [0.2, 0.25) is 11.8 Å². The first-order valence-electron chi connectivity index (χ1n) is 10.8. The van der Waals surface area contributed by atoms with E-state index in [1.807, 2.05) is 18.2 Å². The molecule has 2 aromatic carbocycles. The summed E-state index contributed by atoms with van der Waals surface area (Å²) in [4.78, 5) is 40.7. The van der Waals surface area contributed by atoms with Crippen molar-refractivity contribution in [3.05, 3.63) is 64.7 Å². The number of nitrogens with zero attached hydrogens (tertiary/aromatic N) is 2. The summed E-state index contributed by atoms with van der Waals surface area (Å²) in [6.07, 6.45) is 2.56. The first kappa shape index (κ1) is 19.8. The Hall–Kier alpha value is -3.19. The normalized spacial score (nSPS) is 23.3. The van der Waals surface area contributed by atoms with Gasteiger partial charge in [-0.1, -0.05) is 30.3 Å². The van der Waals surface area contributed by atoms with Gasteiger partial charge in [-0.25, -0.2) is 0 Å². The number of rotatable bonds is 3. The second kappa shape index (κ2) is 7.81. The summed E-state index contributed by atoms with van der Waals surface area (Å²) in [5.41, 5.74) is 11.4. The highest BCUT2D eigenvalue weighted by Gasteiger charge is 2.39. The number of hydrogen-bond donors (Lipinski definition) is 2. The van der Waals surface area contributed by atoms with Gasteiger partial charge in [0.05, 0.1) is 0 Å². The van der Waals surface area contributed by atoms with E-state index in [-0.39, 0.29) is 30.2 Å². The van der Waals surface area contributed by atoms with Crippen molar-refractivity contribution in [2.45, 2.75) is 50.9 Å². The van der Waals surface area contributed by atoms with Crippen LogP contribution in [-0.4, -0.2) is 41.2 Å². The second-order valence-electron chi connectivity index (χ2n) is 8.70. The quantitative estimate of drug-likeness (QED) is 0.740. The zero-order valence-corrected chi connectivity index (χ0v) is 17.3. The number of amides is 3. The highest BCUT2D eigenvalue weighted by atomic mass is 16.2. The van der Waals surface area contributed by atoms with Crippen molar-refractivity contribution >= 4 is 23.4 Å². The molecule has 2 atom stereocenters. The van der Waals surface area contributed by atoms with Gasteiger partial charge in [0.25, 0.3) is 5.91 Å². The van der Waals surface area contributed by atoms with Crippen LogP contribution >= 0.6 is 0 Å². The Labute approximate surface area is 181 Å². The molecule has 3 aliphatic heterocycles. The van der Waals surface area contributed by atoms with Crippen molar-refractivity contribution in [2.24, 2.45) is 5.73 Å². The number of piperidine rings is 1. The molecule has 7 nitrogen and oxygen atoms in total. The van der Waals surface area contributed by atoms with Crippen LogP contribution in [0, 0.1) is 0 Å². The third kappa shape index (κ3) is 3.70. The molecule has 0 spiro atoms. The number of carbonyl (C=O) groups is 3. The molecular formula is C24H26N4O3. The van der Waals surface area contributed by atoms with Gasteiger partial charge in [0.1, 0.15) is 6.04 Å². The topological polar surface area (TPSA) is 95.7 Å². The molecule has 0 aliphatic carbocycles. The maximum atomic E-state index is 13.1. The summed E-state index contributed by atoms with van der Waals surface area (Å²) in [5, 5.41) is 2.35. The van der Waals surface area contributed by atoms with Crippen LogP contribution in [0.2, 0.25) is 0 Å². The van der Waals surface area contributed by atoms with Crippen molar-refractivity contribution in [2.75, 3.05) is 11.4 Å². The summed E-state index contributed by atoms with van der Waals surface area (Å²) in [7, 11) is 0. The minimum absolute atomic E-state index is 0.103. The van der Waals surface area contributed by atoms with Crippen LogP contribution < -0.4 is 16.0 Å². The van der Waals surface area contributed by atoms with E-state index in [0.29, 0.717) is 25.1 Å². The minimum atomic E-state index is -0.587. The van der Waals surface area contributed by atoms with Crippen LogP contribution in [0.5, 0.6) is 0 Å². The van der Waals surface area contributed by atoms with Gasteiger partial charge in [-0.15, -0.1) is 0 Å². The van der Waals surface area contributed by atoms with E-state index in [4.69, 9.17) is 5.73 Å². The fourth-order valence-corrected chi connectivity index (χ4v) is 4.91. The molecule has 0 radical (unpaired) electrons. The Bertz CT molecular complexity index is 1070. The van der Waals surface area contributed by atoms with Crippen LogP contribution in [0.1, 0.15) is 46.3 Å². The number of anilines is 1. The maximum absolute atomic E-state index is 13.1. The maximum Gasteiger partial charge on any atom is 0.255 e. The summed E-state index contributed by atoms with van der Waals surface area (Å²) < 4.78 is 0. The standard InChI is InChI=1S/C24H26N4O3/c25-18-8-7-16-3-1-2-4-20(16)27(14-18)12-15-5-6-17-13-28(24(31)19(17)11-15)21-9-10-22(29)26-23(21)30/h1-6,11,18,21H,7-10,12-14,25H2,(H,26,29,30). The highest BCUT2D eigenvalue weighted by molar-refractivity contribution is 6.05. The van der Waals surface area contributed by atoms with Crippen molar-refractivity contribution in [1.82, 2.24) is 10.2 Å². The molecular weight excluding hydrogens is 392 g/mol. The minimum Gasteiger partial charge on any atom is -0.365 e.